The van der Waals surface area contributed by atoms with Crippen molar-refractivity contribution in [1.82, 2.24) is 5.32 Å². The first-order valence-electron chi connectivity index (χ1n) is 5.38. The molecule has 1 aromatic rings. The lowest BCUT2D eigenvalue weighted by Gasteiger charge is -2.08. The van der Waals surface area contributed by atoms with E-state index in [0.717, 1.165) is 12.8 Å². The number of carbonyl (C=O) groups is 1. The van der Waals surface area contributed by atoms with Gasteiger partial charge in [-0.15, -0.1) is 0 Å². The van der Waals surface area contributed by atoms with Gasteiger partial charge in [0.25, 0.3) is 5.91 Å². The van der Waals surface area contributed by atoms with E-state index in [1.807, 2.05) is 6.92 Å². The molecule has 0 aromatic heterocycles. The van der Waals surface area contributed by atoms with E-state index >= 15 is 0 Å². The smallest absolute Gasteiger partial charge is 0.255 e. The summed E-state index contributed by atoms with van der Waals surface area (Å²) in [6, 6.07) is 4.20. The molecule has 1 N–H and O–H groups in total. The highest BCUT2D eigenvalue weighted by molar-refractivity contribution is 9.09. The maximum absolute atomic E-state index is 13.4. The molecule has 0 bridgehead atoms. The number of carbonyl (C=O) groups excluding carboxylic acids is 1. The van der Waals surface area contributed by atoms with Gasteiger partial charge < -0.3 is 5.32 Å². The largest absolute Gasteiger partial charge is 0.352 e. The molecule has 1 atom stereocenters. The van der Waals surface area contributed by atoms with E-state index in [0.29, 0.717) is 11.4 Å². The SMILES string of the molecule is CC(Br)CCCNC(=O)c1c(F)cccc1Cl. The minimum Gasteiger partial charge on any atom is -0.352 e. The molecule has 17 heavy (non-hydrogen) atoms. The van der Waals surface area contributed by atoms with E-state index in [9.17, 15) is 9.18 Å². The van der Waals surface area contributed by atoms with Crippen LogP contribution in [0.4, 0.5) is 4.39 Å². The molecule has 0 radical (unpaired) electrons. The van der Waals surface area contributed by atoms with E-state index in [1.54, 1.807) is 0 Å². The zero-order chi connectivity index (χ0) is 12.8. The van der Waals surface area contributed by atoms with Crippen LogP contribution in [0, 0.1) is 5.82 Å². The summed E-state index contributed by atoms with van der Waals surface area (Å²) < 4.78 is 13.4. The monoisotopic (exact) mass is 321 g/mol. The Morgan fingerprint density at radius 1 is 1.59 bits per heavy atom. The predicted octanol–water partition coefficient (Wildman–Crippen LogP) is 3.77. The van der Waals surface area contributed by atoms with Crippen LogP contribution in [0.25, 0.3) is 0 Å². The predicted molar refractivity (Wildman–Crippen MR) is 71.4 cm³/mol. The summed E-state index contributed by atoms with van der Waals surface area (Å²) in [4.78, 5) is 12.1. The van der Waals surface area contributed by atoms with Crippen molar-refractivity contribution in [3.8, 4) is 0 Å². The molecule has 0 heterocycles. The molecule has 1 amide bonds. The summed E-state index contributed by atoms with van der Waals surface area (Å²) in [5.41, 5.74) is -0.0824. The lowest BCUT2D eigenvalue weighted by Crippen LogP contribution is -2.26. The molecule has 5 heteroatoms. The lowest BCUT2D eigenvalue weighted by atomic mass is 10.2. The minimum atomic E-state index is -0.594. The molecule has 2 nitrogen and oxygen atoms in total. The van der Waals surface area contributed by atoms with Gasteiger partial charge in [-0.05, 0) is 25.0 Å². The number of amides is 1. The fraction of sp³-hybridized carbons (Fsp3) is 0.417. The van der Waals surface area contributed by atoms with E-state index < -0.39 is 11.7 Å². The third kappa shape index (κ3) is 4.64. The Bertz CT molecular complexity index is 378. The first kappa shape index (κ1) is 14.5. The molecule has 94 valence electrons. The number of alkyl halides is 1. The van der Waals surface area contributed by atoms with Gasteiger partial charge in [0.2, 0.25) is 0 Å². The molecular formula is C12H14BrClFNO. The lowest BCUT2D eigenvalue weighted by molar-refractivity contribution is 0.0949. The van der Waals surface area contributed by atoms with Crippen LogP contribution in [0.2, 0.25) is 5.02 Å². The van der Waals surface area contributed by atoms with Gasteiger partial charge in [0.1, 0.15) is 5.82 Å². The Morgan fingerprint density at radius 3 is 2.88 bits per heavy atom. The zero-order valence-electron chi connectivity index (χ0n) is 9.47. The Morgan fingerprint density at radius 2 is 2.29 bits per heavy atom. The Balaban J connectivity index is 2.53. The van der Waals surface area contributed by atoms with Gasteiger partial charge >= 0.3 is 0 Å². The van der Waals surface area contributed by atoms with E-state index in [-0.39, 0.29) is 10.6 Å². The number of hydrogen-bond acceptors (Lipinski definition) is 1. The van der Waals surface area contributed by atoms with Crippen LogP contribution in [0.15, 0.2) is 18.2 Å². The quantitative estimate of drug-likeness (QED) is 0.649. The van der Waals surface area contributed by atoms with E-state index in [2.05, 4.69) is 21.2 Å². The third-order valence-electron chi connectivity index (χ3n) is 2.25. The van der Waals surface area contributed by atoms with Crippen molar-refractivity contribution in [2.24, 2.45) is 0 Å². The standard InChI is InChI=1S/C12H14BrClFNO/c1-8(13)4-3-7-16-12(17)11-9(14)5-2-6-10(11)15/h2,5-6,8H,3-4,7H2,1H3,(H,16,17). The highest BCUT2D eigenvalue weighted by Gasteiger charge is 2.14. The first-order valence-corrected chi connectivity index (χ1v) is 6.68. The molecule has 0 saturated carbocycles. The van der Waals surface area contributed by atoms with Gasteiger partial charge in [-0.25, -0.2) is 4.39 Å². The Kier molecular flexibility index (Phi) is 5.92. The van der Waals surface area contributed by atoms with Crippen molar-refractivity contribution in [3.05, 3.63) is 34.6 Å². The van der Waals surface area contributed by atoms with Crippen LogP contribution >= 0.6 is 27.5 Å². The second-order valence-corrected chi connectivity index (χ2v) is 5.75. The molecule has 1 rings (SSSR count). The van der Waals surface area contributed by atoms with Crippen molar-refractivity contribution in [1.29, 1.82) is 0 Å². The Labute approximate surface area is 114 Å². The first-order chi connectivity index (χ1) is 8.02. The number of benzene rings is 1. The average molecular weight is 323 g/mol. The van der Waals surface area contributed by atoms with Crippen LogP contribution < -0.4 is 5.32 Å². The molecule has 0 spiro atoms. The van der Waals surface area contributed by atoms with Crippen LogP contribution in [0.5, 0.6) is 0 Å². The molecular weight excluding hydrogens is 308 g/mol. The van der Waals surface area contributed by atoms with Gasteiger partial charge in [-0.3, -0.25) is 4.79 Å². The summed E-state index contributed by atoms with van der Waals surface area (Å²) >= 11 is 9.20. The fourth-order valence-corrected chi connectivity index (χ4v) is 1.96. The number of nitrogens with one attached hydrogen (secondary N) is 1. The molecule has 0 saturated heterocycles. The number of rotatable bonds is 5. The topological polar surface area (TPSA) is 29.1 Å². The van der Waals surface area contributed by atoms with Crippen LogP contribution in [-0.2, 0) is 0 Å². The summed E-state index contributed by atoms with van der Waals surface area (Å²) in [6.07, 6.45) is 1.79. The van der Waals surface area contributed by atoms with E-state index in [4.69, 9.17) is 11.6 Å². The molecule has 1 unspecified atom stereocenters. The number of halogens is 3. The summed E-state index contributed by atoms with van der Waals surface area (Å²) in [5.74, 6) is -1.06. The molecule has 0 fully saturated rings. The molecule has 0 aliphatic carbocycles. The zero-order valence-corrected chi connectivity index (χ0v) is 11.8. The summed E-state index contributed by atoms with van der Waals surface area (Å²) in [6.45, 7) is 2.55. The Hall–Kier alpha value is -0.610. The van der Waals surface area contributed by atoms with Gasteiger partial charge in [-0.1, -0.05) is 40.5 Å². The van der Waals surface area contributed by atoms with Crippen LogP contribution in [-0.4, -0.2) is 17.3 Å². The number of hydrogen-bond donors (Lipinski definition) is 1. The fourth-order valence-electron chi connectivity index (χ4n) is 1.39. The van der Waals surface area contributed by atoms with Crippen molar-refractivity contribution < 1.29 is 9.18 Å². The molecule has 0 aliphatic heterocycles. The minimum absolute atomic E-state index is 0.0824. The molecule has 1 aromatic carbocycles. The van der Waals surface area contributed by atoms with Crippen molar-refractivity contribution in [3.63, 3.8) is 0 Å². The highest BCUT2D eigenvalue weighted by atomic mass is 79.9. The normalized spacial score (nSPS) is 12.2. The average Bonchev–Trinajstić information content (AvgIpc) is 2.24. The second kappa shape index (κ2) is 6.97. The van der Waals surface area contributed by atoms with Crippen molar-refractivity contribution in [2.45, 2.75) is 24.6 Å². The van der Waals surface area contributed by atoms with Gasteiger partial charge in [0.15, 0.2) is 0 Å². The van der Waals surface area contributed by atoms with Gasteiger partial charge in [-0.2, -0.15) is 0 Å². The van der Waals surface area contributed by atoms with Gasteiger partial charge in [0, 0.05) is 11.4 Å². The maximum Gasteiger partial charge on any atom is 0.255 e. The third-order valence-corrected chi connectivity index (χ3v) is 3.03. The second-order valence-electron chi connectivity index (χ2n) is 3.78. The van der Waals surface area contributed by atoms with Crippen molar-refractivity contribution in [2.75, 3.05) is 6.54 Å². The van der Waals surface area contributed by atoms with Crippen LogP contribution in [0.3, 0.4) is 0 Å². The van der Waals surface area contributed by atoms with Crippen LogP contribution in [0.1, 0.15) is 30.1 Å². The highest BCUT2D eigenvalue weighted by Crippen LogP contribution is 2.18. The van der Waals surface area contributed by atoms with Crippen molar-refractivity contribution >= 4 is 33.4 Å². The van der Waals surface area contributed by atoms with Gasteiger partial charge in [0.05, 0.1) is 10.6 Å². The summed E-state index contributed by atoms with van der Waals surface area (Å²) in [7, 11) is 0. The maximum atomic E-state index is 13.4. The van der Waals surface area contributed by atoms with E-state index in [1.165, 1.54) is 18.2 Å². The molecule has 0 aliphatic rings. The summed E-state index contributed by atoms with van der Waals surface area (Å²) in [5, 5.41) is 2.79.